The molecule has 0 bridgehead atoms. The van der Waals surface area contributed by atoms with Crippen LogP contribution in [0.1, 0.15) is 19.8 Å². The van der Waals surface area contributed by atoms with Gasteiger partial charge in [-0.25, -0.2) is 0 Å². The smallest absolute Gasteiger partial charge is 0.312 e. The third-order valence-corrected chi connectivity index (χ3v) is 3.87. The van der Waals surface area contributed by atoms with Gasteiger partial charge in [-0.05, 0) is 12.8 Å². The molecule has 0 aromatic rings. The number of carbonyl (C=O) groups is 1. The summed E-state index contributed by atoms with van der Waals surface area (Å²) in [5.41, 5.74) is 0. The number of piperidine rings is 1. The van der Waals surface area contributed by atoms with Crippen molar-refractivity contribution in [1.82, 2.24) is 14.7 Å². The summed E-state index contributed by atoms with van der Waals surface area (Å²) in [4.78, 5) is 27.8. The topological polar surface area (TPSA) is 43.9 Å². The van der Waals surface area contributed by atoms with E-state index < -0.39 is 0 Å². The third kappa shape index (κ3) is 2.97. The van der Waals surface area contributed by atoms with Crippen LogP contribution in [0.2, 0.25) is 0 Å². The van der Waals surface area contributed by atoms with Gasteiger partial charge in [0.15, 0.2) is 0 Å². The molecule has 2 amide bonds. The maximum atomic E-state index is 11.2. The Balaban J connectivity index is 1.78. The number of piperazine rings is 1. The van der Waals surface area contributed by atoms with Crippen LogP contribution in [-0.4, -0.2) is 72.3 Å². The molecular weight excluding hydrogens is 218 g/mol. The first-order valence-electron chi connectivity index (χ1n) is 6.33. The lowest BCUT2D eigenvalue weighted by Gasteiger charge is -2.41. The molecule has 0 unspecified atom stereocenters. The van der Waals surface area contributed by atoms with Crippen molar-refractivity contribution in [2.75, 3.05) is 39.3 Å². The minimum absolute atomic E-state index is 0.176. The molecule has 0 saturated carbocycles. The molecule has 0 N–H and O–H groups in total. The van der Waals surface area contributed by atoms with E-state index in [1.807, 2.05) is 11.3 Å². The minimum Gasteiger partial charge on any atom is -0.340 e. The second-order valence-corrected chi connectivity index (χ2v) is 4.85. The van der Waals surface area contributed by atoms with E-state index in [1.165, 1.54) is 0 Å². The number of hydrogen-bond acceptors (Lipinski definition) is 3. The van der Waals surface area contributed by atoms with Crippen molar-refractivity contribution in [2.45, 2.75) is 25.8 Å². The molecule has 2 rings (SSSR count). The van der Waals surface area contributed by atoms with Crippen molar-refractivity contribution < 1.29 is 9.59 Å². The molecule has 2 heterocycles. The second-order valence-electron chi connectivity index (χ2n) is 4.85. The Morgan fingerprint density at radius 1 is 1.06 bits per heavy atom. The van der Waals surface area contributed by atoms with Gasteiger partial charge in [-0.1, -0.05) is 0 Å². The van der Waals surface area contributed by atoms with Gasteiger partial charge in [0.1, 0.15) is 0 Å². The van der Waals surface area contributed by atoms with Crippen LogP contribution < -0.4 is 0 Å². The highest BCUT2D eigenvalue weighted by molar-refractivity contribution is 5.73. The predicted octanol–water partition coefficient (Wildman–Crippen LogP) is -0.318. The maximum Gasteiger partial charge on any atom is 0.312 e. The lowest BCUT2D eigenvalue weighted by molar-refractivity contribution is -0.131. The second kappa shape index (κ2) is 5.49. The van der Waals surface area contributed by atoms with Gasteiger partial charge in [0.05, 0.1) is 0 Å². The highest BCUT2D eigenvalue weighted by Crippen LogP contribution is 2.17. The van der Waals surface area contributed by atoms with Crippen LogP contribution in [0.5, 0.6) is 0 Å². The van der Waals surface area contributed by atoms with Crippen LogP contribution in [0, 0.1) is 0 Å². The molecule has 1 radical (unpaired) electrons. The Labute approximate surface area is 102 Å². The first-order valence-corrected chi connectivity index (χ1v) is 6.33. The molecule has 2 aliphatic heterocycles. The third-order valence-electron chi connectivity index (χ3n) is 3.87. The predicted molar refractivity (Wildman–Crippen MR) is 64.1 cm³/mol. The number of likely N-dealkylation sites (tertiary alicyclic amines) is 1. The zero-order valence-electron chi connectivity index (χ0n) is 10.4. The molecule has 2 saturated heterocycles. The normalized spacial score (nSPS) is 23.8. The van der Waals surface area contributed by atoms with Crippen molar-refractivity contribution in [2.24, 2.45) is 0 Å². The van der Waals surface area contributed by atoms with E-state index in [0.717, 1.165) is 52.1 Å². The SMILES string of the molecule is CC(=O)N1CCN(C2CCN([C]=O)CC2)CC1. The van der Waals surface area contributed by atoms with Crippen LogP contribution in [0.25, 0.3) is 0 Å². The van der Waals surface area contributed by atoms with Gasteiger partial charge < -0.3 is 9.80 Å². The fourth-order valence-corrected chi connectivity index (χ4v) is 2.72. The monoisotopic (exact) mass is 238 g/mol. The van der Waals surface area contributed by atoms with Crippen LogP contribution in [0.4, 0.5) is 0 Å². The summed E-state index contributed by atoms with van der Waals surface area (Å²) in [5, 5.41) is 0. The number of amides is 2. The van der Waals surface area contributed by atoms with Gasteiger partial charge in [-0.2, -0.15) is 0 Å². The average molecular weight is 238 g/mol. The van der Waals surface area contributed by atoms with Crippen molar-refractivity contribution >= 4 is 12.3 Å². The first kappa shape index (κ1) is 12.4. The fraction of sp³-hybridized carbons (Fsp3) is 0.833. The van der Waals surface area contributed by atoms with E-state index >= 15 is 0 Å². The molecule has 5 nitrogen and oxygen atoms in total. The van der Waals surface area contributed by atoms with Gasteiger partial charge in [-0.15, -0.1) is 0 Å². The van der Waals surface area contributed by atoms with Gasteiger partial charge in [-0.3, -0.25) is 14.5 Å². The highest BCUT2D eigenvalue weighted by Gasteiger charge is 2.27. The Kier molecular flexibility index (Phi) is 3.99. The number of rotatable bonds is 2. The Hall–Kier alpha value is -1.10. The Bertz CT molecular complexity index is 279. The molecule has 0 aliphatic carbocycles. The lowest BCUT2D eigenvalue weighted by atomic mass is 10.0. The van der Waals surface area contributed by atoms with Crippen LogP contribution in [0.15, 0.2) is 0 Å². The summed E-state index contributed by atoms with van der Waals surface area (Å²) < 4.78 is 0. The number of hydrogen-bond donors (Lipinski definition) is 0. The van der Waals surface area contributed by atoms with Crippen molar-refractivity contribution in [3.63, 3.8) is 0 Å². The molecule has 2 aliphatic rings. The van der Waals surface area contributed by atoms with Crippen molar-refractivity contribution in [3.05, 3.63) is 0 Å². The quantitative estimate of drug-likeness (QED) is 0.662. The van der Waals surface area contributed by atoms with Crippen molar-refractivity contribution in [1.29, 1.82) is 0 Å². The van der Waals surface area contributed by atoms with Crippen LogP contribution in [-0.2, 0) is 9.59 Å². The molecule has 17 heavy (non-hydrogen) atoms. The van der Waals surface area contributed by atoms with Gasteiger partial charge >= 0.3 is 6.41 Å². The maximum absolute atomic E-state index is 11.2. The van der Waals surface area contributed by atoms with Crippen LogP contribution >= 0.6 is 0 Å². The summed E-state index contributed by atoms with van der Waals surface area (Å²) in [6.07, 6.45) is 4.04. The summed E-state index contributed by atoms with van der Waals surface area (Å²) in [6, 6.07) is 0.578. The van der Waals surface area contributed by atoms with Crippen molar-refractivity contribution in [3.8, 4) is 0 Å². The van der Waals surface area contributed by atoms with E-state index in [1.54, 1.807) is 11.8 Å². The number of nitrogens with zero attached hydrogens (tertiary/aromatic N) is 3. The summed E-state index contributed by atoms with van der Waals surface area (Å²) >= 11 is 0. The van der Waals surface area contributed by atoms with E-state index in [2.05, 4.69) is 4.90 Å². The molecule has 0 aromatic carbocycles. The molecule has 2 fully saturated rings. The van der Waals surface area contributed by atoms with E-state index in [9.17, 15) is 9.59 Å². The van der Waals surface area contributed by atoms with Gasteiger partial charge in [0.25, 0.3) is 0 Å². The summed E-state index contributed by atoms with van der Waals surface area (Å²) in [7, 11) is 0. The standard InChI is InChI=1S/C12H20N3O2/c1-11(17)14-6-8-15(9-7-14)12-2-4-13(10-16)5-3-12/h12H,2-9H2,1H3. The molecule has 5 heteroatoms. The molecule has 0 spiro atoms. The average Bonchev–Trinajstić information content (AvgIpc) is 2.39. The number of carbonyl (C=O) groups excluding carboxylic acids is 2. The lowest BCUT2D eigenvalue weighted by Crippen LogP contribution is -2.53. The summed E-state index contributed by atoms with van der Waals surface area (Å²) in [6.45, 7) is 6.89. The first-order chi connectivity index (χ1) is 8.20. The Morgan fingerprint density at radius 2 is 1.65 bits per heavy atom. The van der Waals surface area contributed by atoms with E-state index in [4.69, 9.17) is 0 Å². The van der Waals surface area contributed by atoms with E-state index in [0.29, 0.717) is 6.04 Å². The van der Waals surface area contributed by atoms with Crippen LogP contribution in [0.3, 0.4) is 0 Å². The fourth-order valence-electron chi connectivity index (χ4n) is 2.72. The molecular formula is C12H20N3O2. The molecule has 0 aromatic heterocycles. The zero-order chi connectivity index (χ0) is 12.3. The molecule has 0 atom stereocenters. The Morgan fingerprint density at radius 3 is 2.12 bits per heavy atom. The summed E-state index contributed by atoms with van der Waals surface area (Å²) in [5.74, 6) is 0.176. The largest absolute Gasteiger partial charge is 0.340 e. The molecule has 95 valence electrons. The zero-order valence-corrected chi connectivity index (χ0v) is 10.4. The van der Waals surface area contributed by atoms with Gasteiger partial charge in [0.2, 0.25) is 5.91 Å². The van der Waals surface area contributed by atoms with Gasteiger partial charge in [0, 0.05) is 52.2 Å². The minimum atomic E-state index is 0.176. The highest BCUT2D eigenvalue weighted by atomic mass is 16.2. The van der Waals surface area contributed by atoms with E-state index in [-0.39, 0.29) is 5.91 Å².